The predicted molar refractivity (Wildman–Crippen MR) is 77.8 cm³/mol. The Morgan fingerprint density at radius 3 is 2.24 bits per heavy atom. The minimum absolute atomic E-state index is 0.235. The summed E-state index contributed by atoms with van der Waals surface area (Å²) in [6.45, 7) is 17.6. The maximum absolute atomic E-state index is 4.42. The Balaban J connectivity index is 4.08. The molecule has 0 aliphatic carbocycles. The third kappa shape index (κ3) is 7.37. The Bertz CT molecular complexity index is 218. The van der Waals surface area contributed by atoms with Crippen molar-refractivity contribution in [3.8, 4) is 0 Å². The molecule has 102 valence electrons. The van der Waals surface area contributed by atoms with Crippen LogP contribution in [-0.4, -0.2) is 42.0 Å². The lowest BCUT2D eigenvalue weighted by Crippen LogP contribution is -2.47. The standard InChI is InChI=1S/C14H31N3/c1-8-12(3)15-11-16-13(4)10-17(9-2)14(5,6)7/h11-13H,8-10H2,1-7H3,(H,15,16). The van der Waals surface area contributed by atoms with Crippen LogP contribution in [0.5, 0.6) is 0 Å². The van der Waals surface area contributed by atoms with Gasteiger partial charge in [0.15, 0.2) is 0 Å². The molecule has 0 bridgehead atoms. The quantitative estimate of drug-likeness (QED) is 0.548. The summed E-state index contributed by atoms with van der Waals surface area (Å²) < 4.78 is 0. The smallest absolute Gasteiger partial charge is 0.0829 e. The largest absolute Gasteiger partial charge is 0.373 e. The first-order valence-corrected chi connectivity index (χ1v) is 6.84. The molecule has 17 heavy (non-hydrogen) atoms. The number of likely N-dealkylation sites (N-methyl/N-ethyl adjacent to an activating group) is 1. The zero-order valence-electron chi connectivity index (χ0n) is 12.7. The third-order valence-electron chi connectivity index (χ3n) is 3.10. The zero-order chi connectivity index (χ0) is 13.5. The fourth-order valence-corrected chi connectivity index (χ4v) is 1.66. The van der Waals surface area contributed by atoms with Gasteiger partial charge in [-0.1, -0.05) is 13.8 Å². The van der Waals surface area contributed by atoms with E-state index in [0.717, 1.165) is 19.5 Å². The monoisotopic (exact) mass is 241 g/mol. The van der Waals surface area contributed by atoms with E-state index >= 15 is 0 Å². The van der Waals surface area contributed by atoms with Crippen LogP contribution in [0.4, 0.5) is 0 Å². The number of nitrogens with zero attached hydrogens (tertiary/aromatic N) is 2. The second-order valence-electron chi connectivity index (χ2n) is 5.81. The summed E-state index contributed by atoms with van der Waals surface area (Å²) in [5.74, 6) is 0. The predicted octanol–water partition coefficient (Wildman–Crippen LogP) is 2.91. The van der Waals surface area contributed by atoms with Crippen LogP contribution in [0.15, 0.2) is 4.99 Å². The van der Waals surface area contributed by atoms with E-state index in [4.69, 9.17) is 0 Å². The Morgan fingerprint density at radius 1 is 1.24 bits per heavy atom. The van der Waals surface area contributed by atoms with Crippen molar-refractivity contribution in [2.45, 2.75) is 72.5 Å². The summed E-state index contributed by atoms with van der Waals surface area (Å²) in [5.41, 5.74) is 0.235. The lowest BCUT2D eigenvalue weighted by molar-refractivity contribution is 0.135. The lowest BCUT2D eigenvalue weighted by atomic mass is 10.1. The topological polar surface area (TPSA) is 27.6 Å². The van der Waals surface area contributed by atoms with Gasteiger partial charge in [0.2, 0.25) is 0 Å². The van der Waals surface area contributed by atoms with Crippen LogP contribution < -0.4 is 5.32 Å². The number of hydrogen-bond acceptors (Lipinski definition) is 2. The molecule has 0 saturated heterocycles. The summed E-state index contributed by atoms with van der Waals surface area (Å²) >= 11 is 0. The Hall–Kier alpha value is -0.570. The molecule has 0 fully saturated rings. The third-order valence-corrected chi connectivity index (χ3v) is 3.10. The van der Waals surface area contributed by atoms with Gasteiger partial charge in [0, 0.05) is 24.2 Å². The average Bonchev–Trinajstić information content (AvgIpc) is 2.23. The molecule has 0 radical (unpaired) electrons. The van der Waals surface area contributed by atoms with Crippen LogP contribution in [-0.2, 0) is 0 Å². The molecule has 3 nitrogen and oxygen atoms in total. The first-order valence-electron chi connectivity index (χ1n) is 6.84. The van der Waals surface area contributed by atoms with Gasteiger partial charge < -0.3 is 5.32 Å². The van der Waals surface area contributed by atoms with E-state index in [0.29, 0.717) is 12.1 Å². The Morgan fingerprint density at radius 2 is 1.82 bits per heavy atom. The SMILES string of the molecule is CCC(C)N=CNC(C)CN(CC)C(C)(C)C. The molecular formula is C14H31N3. The zero-order valence-corrected chi connectivity index (χ0v) is 12.7. The molecule has 0 spiro atoms. The second kappa shape index (κ2) is 7.70. The summed E-state index contributed by atoms with van der Waals surface area (Å²) in [7, 11) is 0. The molecular weight excluding hydrogens is 210 g/mol. The van der Waals surface area contributed by atoms with Gasteiger partial charge in [0.1, 0.15) is 0 Å². The van der Waals surface area contributed by atoms with Crippen molar-refractivity contribution in [3.63, 3.8) is 0 Å². The van der Waals surface area contributed by atoms with Gasteiger partial charge in [-0.05, 0) is 47.6 Å². The highest BCUT2D eigenvalue weighted by Crippen LogP contribution is 2.12. The highest BCUT2D eigenvalue weighted by atomic mass is 15.2. The first kappa shape index (κ1) is 16.4. The van der Waals surface area contributed by atoms with Crippen LogP contribution in [0.3, 0.4) is 0 Å². The molecule has 0 aromatic carbocycles. The molecule has 2 unspecified atom stereocenters. The van der Waals surface area contributed by atoms with Crippen molar-refractivity contribution in [3.05, 3.63) is 0 Å². The maximum Gasteiger partial charge on any atom is 0.0829 e. The van der Waals surface area contributed by atoms with Gasteiger partial charge in [0.25, 0.3) is 0 Å². The molecule has 0 aliphatic heterocycles. The summed E-state index contributed by atoms with van der Waals surface area (Å²) in [6.07, 6.45) is 2.96. The minimum Gasteiger partial charge on any atom is -0.373 e. The van der Waals surface area contributed by atoms with E-state index in [-0.39, 0.29) is 5.54 Å². The molecule has 0 aromatic rings. The number of hydrogen-bond donors (Lipinski definition) is 1. The van der Waals surface area contributed by atoms with Gasteiger partial charge >= 0.3 is 0 Å². The van der Waals surface area contributed by atoms with Crippen LogP contribution in [0.1, 0.15) is 54.9 Å². The highest BCUT2D eigenvalue weighted by molar-refractivity contribution is 5.54. The van der Waals surface area contributed by atoms with Crippen LogP contribution in [0.2, 0.25) is 0 Å². The van der Waals surface area contributed by atoms with Crippen molar-refractivity contribution in [1.82, 2.24) is 10.2 Å². The molecule has 0 aliphatic rings. The molecule has 0 saturated carbocycles. The van der Waals surface area contributed by atoms with Crippen molar-refractivity contribution in [2.75, 3.05) is 13.1 Å². The summed E-state index contributed by atoms with van der Waals surface area (Å²) in [4.78, 5) is 6.90. The number of rotatable bonds is 7. The van der Waals surface area contributed by atoms with Crippen LogP contribution in [0, 0.1) is 0 Å². The average molecular weight is 241 g/mol. The van der Waals surface area contributed by atoms with E-state index in [1.165, 1.54) is 0 Å². The van der Waals surface area contributed by atoms with E-state index in [1.54, 1.807) is 0 Å². The van der Waals surface area contributed by atoms with E-state index in [1.807, 2.05) is 6.34 Å². The Kier molecular flexibility index (Phi) is 7.44. The van der Waals surface area contributed by atoms with Gasteiger partial charge in [-0.3, -0.25) is 9.89 Å². The van der Waals surface area contributed by atoms with Gasteiger partial charge in [-0.15, -0.1) is 0 Å². The normalized spacial score (nSPS) is 16.5. The molecule has 0 rings (SSSR count). The van der Waals surface area contributed by atoms with Crippen molar-refractivity contribution >= 4 is 6.34 Å². The number of aliphatic imine (C=N–C) groups is 1. The molecule has 0 heterocycles. The second-order valence-corrected chi connectivity index (χ2v) is 5.81. The van der Waals surface area contributed by atoms with Crippen LogP contribution >= 0.6 is 0 Å². The van der Waals surface area contributed by atoms with E-state index < -0.39 is 0 Å². The van der Waals surface area contributed by atoms with Gasteiger partial charge in [-0.2, -0.15) is 0 Å². The van der Waals surface area contributed by atoms with Gasteiger partial charge in [0.05, 0.1) is 6.34 Å². The van der Waals surface area contributed by atoms with Gasteiger partial charge in [-0.25, -0.2) is 0 Å². The van der Waals surface area contributed by atoms with Crippen molar-refractivity contribution in [2.24, 2.45) is 4.99 Å². The molecule has 1 N–H and O–H groups in total. The first-order chi connectivity index (χ1) is 7.81. The van der Waals surface area contributed by atoms with Crippen molar-refractivity contribution < 1.29 is 0 Å². The fraction of sp³-hybridized carbons (Fsp3) is 0.929. The molecule has 0 amide bonds. The summed E-state index contributed by atoms with van der Waals surface area (Å²) in [5, 5.41) is 3.35. The van der Waals surface area contributed by atoms with Crippen molar-refractivity contribution in [1.29, 1.82) is 0 Å². The van der Waals surface area contributed by atoms with Crippen LogP contribution in [0.25, 0.3) is 0 Å². The maximum atomic E-state index is 4.42. The highest BCUT2D eigenvalue weighted by Gasteiger charge is 2.20. The Labute approximate surface area is 108 Å². The minimum atomic E-state index is 0.235. The molecule has 3 heteroatoms. The summed E-state index contributed by atoms with van der Waals surface area (Å²) in [6, 6.07) is 0.849. The number of nitrogens with one attached hydrogen (secondary N) is 1. The lowest BCUT2D eigenvalue weighted by Gasteiger charge is -2.36. The molecule has 0 aromatic heterocycles. The van der Waals surface area contributed by atoms with E-state index in [2.05, 4.69) is 63.7 Å². The molecule has 2 atom stereocenters. The van der Waals surface area contributed by atoms with E-state index in [9.17, 15) is 0 Å². The fourth-order valence-electron chi connectivity index (χ4n) is 1.66.